The van der Waals surface area contributed by atoms with Crippen LogP contribution in [0.3, 0.4) is 0 Å². The number of hydrogen-bond donors (Lipinski definition) is 0. The topological polar surface area (TPSA) is 0 Å². The second kappa shape index (κ2) is 17.9. The molecule has 7 heavy (non-hydrogen) atoms. The van der Waals surface area contributed by atoms with E-state index in [1.54, 1.807) is 6.08 Å². The number of rotatable bonds is 1. The Morgan fingerprint density at radius 2 is 1.71 bits per heavy atom. The van der Waals surface area contributed by atoms with Gasteiger partial charge < -0.3 is 0 Å². The van der Waals surface area contributed by atoms with Crippen molar-refractivity contribution >= 4 is 0 Å². The van der Waals surface area contributed by atoms with Crippen LogP contribution in [0.5, 0.6) is 0 Å². The molecule has 0 saturated heterocycles. The van der Waals surface area contributed by atoms with Crippen molar-refractivity contribution in [1.29, 1.82) is 0 Å². The van der Waals surface area contributed by atoms with Gasteiger partial charge in [0.2, 0.25) is 0 Å². The summed E-state index contributed by atoms with van der Waals surface area (Å²) in [5, 5.41) is 0. The zero-order valence-electron chi connectivity index (χ0n) is 3.44. The Kier molecular flexibility index (Phi) is 41.0. The molecule has 0 heterocycles. The second-order valence-corrected chi connectivity index (χ2v) is 0.761. The van der Waals surface area contributed by atoms with Gasteiger partial charge in [0.1, 0.15) is 0 Å². The minimum Gasteiger partial charge on any atom is -0.0991 e. The van der Waals surface area contributed by atoms with Gasteiger partial charge >= 0.3 is 0 Å². The molecule has 0 amide bonds. The summed E-state index contributed by atoms with van der Waals surface area (Å²) in [5.74, 6) is 0. The van der Waals surface area contributed by atoms with E-state index in [1.807, 2.05) is 19.1 Å². The SMILES string of the molecule is C.C.C=C/C=C\C. The van der Waals surface area contributed by atoms with Gasteiger partial charge in [0, 0.05) is 0 Å². The number of allylic oxidation sites excluding steroid dienone is 3. The van der Waals surface area contributed by atoms with Crippen LogP contribution in [0.25, 0.3) is 0 Å². The molecule has 0 atom stereocenters. The minimum atomic E-state index is 0. The Balaban J connectivity index is -0.0000000800. The van der Waals surface area contributed by atoms with Crippen LogP contribution in [0.2, 0.25) is 0 Å². The average Bonchev–Trinajstić information content (AvgIpc) is 1.41. The summed E-state index contributed by atoms with van der Waals surface area (Å²) < 4.78 is 0. The molecule has 0 rings (SSSR count). The molecule has 0 heteroatoms. The van der Waals surface area contributed by atoms with Crippen molar-refractivity contribution in [3.63, 3.8) is 0 Å². The van der Waals surface area contributed by atoms with Gasteiger partial charge in [-0.15, -0.1) is 0 Å². The fourth-order valence-corrected chi connectivity index (χ4v) is 0.136. The highest BCUT2D eigenvalue weighted by atomic mass is 13.5. The van der Waals surface area contributed by atoms with Gasteiger partial charge in [-0.2, -0.15) is 0 Å². The van der Waals surface area contributed by atoms with E-state index in [0.29, 0.717) is 0 Å². The predicted molar refractivity (Wildman–Crippen MR) is 38.5 cm³/mol. The van der Waals surface area contributed by atoms with E-state index < -0.39 is 0 Å². The van der Waals surface area contributed by atoms with Gasteiger partial charge in [-0.25, -0.2) is 0 Å². The van der Waals surface area contributed by atoms with E-state index in [-0.39, 0.29) is 14.9 Å². The first-order valence-electron chi connectivity index (χ1n) is 1.65. The highest BCUT2D eigenvalue weighted by Gasteiger charge is 1.42. The molecule has 0 bridgehead atoms. The molecule has 0 saturated carbocycles. The monoisotopic (exact) mass is 100 g/mol. The predicted octanol–water partition coefficient (Wildman–Crippen LogP) is 3.02. The summed E-state index contributed by atoms with van der Waals surface area (Å²) in [5.41, 5.74) is 0. The number of hydrogen-bond acceptors (Lipinski definition) is 0. The molecule has 44 valence electrons. The lowest BCUT2D eigenvalue weighted by Crippen LogP contribution is -1.33. The van der Waals surface area contributed by atoms with Crippen molar-refractivity contribution in [1.82, 2.24) is 0 Å². The summed E-state index contributed by atoms with van der Waals surface area (Å²) in [6.07, 6.45) is 5.58. The van der Waals surface area contributed by atoms with Crippen molar-refractivity contribution in [2.45, 2.75) is 21.8 Å². The average molecular weight is 100 g/mol. The third kappa shape index (κ3) is 30.3. The Labute approximate surface area is 47.6 Å². The maximum atomic E-state index is 3.46. The molecule has 0 aromatic carbocycles. The lowest BCUT2D eigenvalue weighted by atomic mass is 10.5. The fraction of sp³-hybridized carbons (Fsp3) is 0.429. The van der Waals surface area contributed by atoms with Gasteiger partial charge in [0.05, 0.1) is 0 Å². The molecule has 0 aliphatic rings. The normalized spacial score (nSPS) is 6.43. The molecule has 0 aromatic heterocycles. The molecule has 0 N–H and O–H groups in total. The van der Waals surface area contributed by atoms with E-state index >= 15 is 0 Å². The highest BCUT2D eigenvalue weighted by molar-refractivity contribution is 4.94. The third-order valence-electron chi connectivity index (χ3n) is 0.329. The summed E-state index contributed by atoms with van der Waals surface area (Å²) in [7, 11) is 0. The van der Waals surface area contributed by atoms with Crippen molar-refractivity contribution in [3.05, 3.63) is 24.8 Å². The first-order valence-corrected chi connectivity index (χ1v) is 1.65. The first kappa shape index (κ1) is 16.1. The Bertz CT molecular complexity index is 42.0. The van der Waals surface area contributed by atoms with Crippen LogP contribution < -0.4 is 0 Å². The summed E-state index contributed by atoms with van der Waals surface area (Å²) >= 11 is 0. The zero-order chi connectivity index (χ0) is 4.12. The van der Waals surface area contributed by atoms with Crippen LogP contribution in [0, 0.1) is 0 Å². The lowest BCUT2D eigenvalue weighted by Gasteiger charge is -1.56. The lowest BCUT2D eigenvalue weighted by molar-refractivity contribution is 1.74. The van der Waals surface area contributed by atoms with Gasteiger partial charge in [-0.05, 0) is 6.92 Å². The molecule has 0 aromatic rings. The summed E-state index contributed by atoms with van der Waals surface area (Å²) in [6, 6.07) is 0. The van der Waals surface area contributed by atoms with E-state index in [9.17, 15) is 0 Å². The second-order valence-electron chi connectivity index (χ2n) is 0.761. The molecule has 0 nitrogen and oxygen atoms in total. The Hall–Kier alpha value is -0.520. The van der Waals surface area contributed by atoms with E-state index in [1.165, 1.54) is 0 Å². The van der Waals surface area contributed by atoms with Crippen LogP contribution in [0.4, 0.5) is 0 Å². The minimum absolute atomic E-state index is 0. The van der Waals surface area contributed by atoms with E-state index in [4.69, 9.17) is 0 Å². The van der Waals surface area contributed by atoms with Gasteiger partial charge in [0.15, 0.2) is 0 Å². The van der Waals surface area contributed by atoms with Crippen LogP contribution in [-0.2, 0) is 0 Å². The van der Waals surface area contributed by atoms with Crippen LogP contribution in [-0.4, -0.2) is 0 Å². The maximum Gasteiger partial charge on any atom is -0.0467 e. The quantitative estimate of drug-likeness (QED) is 0.444. The van der Waals surface area contributed by atoms with Crippen molar-refractivity contribution < 1.29 is 0 Å². The van der Waals surface area contributed by atoms with Crippen molar-refractivity contribution in [2.75, 3.05) is 0 Å². The summed E-state index contributed by atoms with van der Waals surface area (Å²) in [6.45, 7) is 5.42. The van der Waals surface area contributed by atoms with Gasteiger partial charge in [-0.1, -0.05) is 39.7 Å². The molecule has 0 spiro atoms. The Morgan fingerprint density at radius 1 is 1.29 bits per heavy atom. The van der Waals surface area contributed by atoms with Crippen LogP contribution in [0.15, 0.2) is 24.8 Å². The maximum absolute atomic E-state index is 3.46. The van der Waals surface area contributed by atoms with E-state index in [2.05, 4.69) is 6.58 Å². The zero-order valence-corrected chi connectivity index (χ0v) is 3.44. The fourth-order valence-electron chi connectivity index (χ4n) is 0.136. The van der Waals surface area contributed by atoms with E-state index in [0.717, 1.165) is 0 Å². The molecule has 0 unspecified atom stereocenters. The highest BCUT2D eigenvalue weighted by Crippen LogP contribution is 1.64. The van der Waals surface area contributed by atoms with Crippen molar-refractivity contribution in [2.24, 2.45) is 0 Å². The molecule has 0 fully saturated rings. The molecular weight excluding hydrogens is 84.1 g/mol. The van der Waals surface area contributed by atoms with Crippen LogP contribution >= 0.6 is 0 Å². The largest absolute Gasteiger partial charge is 0.0991 e. The molecular formula is C7H16. The molecule has 0 aliphatic heterocycles. The molecule has 0 radical (unpaired) electrons. The van der Waals surface area contributed by atoms with Crippen molar-refractivity contribution in [3.8, 4) is 0 Å². The standard InChI is InChI=1S/C5H8.2CH4/c1-3-5-4-2;;/h3-5H,1H2,2H3;2*1H4/b5-4-;;. The van der Waals surface area contributed by atoms with Gasteiger partial charge in [0.25, 0.3) is 0 Å². The smallest absolute Gasteiger partial charge is 0.0467 e. The van der Waals surface area contributed by atoms with Gasteiger partial charge in [-0.3, -0.25) is 0 Å². The van der Waals surface area contributed by atoms with Crippen LogP contribution in [0.1, 0.15) is 21.8 Å². The first-order chi connectivity index (χ1) is 2.41. The Morgan fingerprint density at radius 3 is 1.71 bits per heavy atom. The summed E-state index contributed by atoms with van der Waals surface area (Å²) in [4.78, 5) is 0. The third-order valence-corrected chi connectivity index (χ3v) is 0.329. The molecule has 0 aliphatic carbocycles.